The highest BCUT2D eigenvalue weighted by Gasteiger charge is 2.19. The largest absolute Gasteiger partial charge is 0.392 e. The molecule has 0 saturated carbocycles. The molecule has 0 spiro atoms. The molecule has 0 atom stereocenters. The molecule has 0 aromatic heterocycles. The van der Waals surface area contributed by atoms with Crippen molar-refractivity contribution >= 4 is 15.7 Å². The molecule has 2 aromatic carbocycles. The Balaban J connectivity index is 2.43. The minimum Gasteiger partial charge on any atom is -0.392 e. The molecule has 2 rings (SSSR count). The molecule has 112 valence electrons. The number of sulfonamides is 1. The van der Waals surface area contributed by atoms with Crippen LogP contribution in [0, 0.1) is 19.7 Å². The van der Waals surface area contributed by atoms with Crippen molar-refractivity contribution < 1.29 is 17.9 Å². The van der Waals surface area contributed by atoms with E-state index in [9.17, 15) is 17.9 Å². The molecule has 0 unspecified atom stereocenters. The number of rotatable bonds is 4. The SMILES string of the molecule is Cc1cc(F)ccc1NS(=O)(=O)c1cccc(CO)c1C. The number of benzene rings is 2. The van der Waals surface area contributed by atoms with Gasteiger partial charge in [-0.25, -0.2) is 12.8 Å². The predicted octanol–water partition coefficient (Wildman–Crippen LogP) is 2.74. The van der Waals surface area contributed by atoms with E-state index in [0.29, 0.717) is 22.4 Å². The van der Waals surface area contributed by atoms with Crippen molar-refractivity contribution in [3.8, 4) is 0 Å². The maximum Gasteiger partial charge on any atom is 0.262 e. The Bertz CT molecular complexity index is 772. The van der Waals surface area contributed by atoms with Crippen LogP contribution in [-0.2, 0) is 16.6 Å². The van der Waals surface area contributed by atoms with Crippen molar-refractivity contribution in [1.29, 1.82) is 0 Å². The molecule has 21 heavy (non-hydrogen) atoms. The lowest BCUT2D eigenvalue weighted by Crippen LogP contribution is -2.15. The van der Waals surface area contributed by atoms with E-state index >= 15 is 0 Å². The summed E-state index contributed by atoms with van der Waals surface area (Å²) in [6.07, 6.45) is 0. The van der Waals surface area contributed by atoms with Crippen molar-refractivity contribution in [2.24, 2.45) is 0 Å². The molecule has 2 N–H and O–H groups in total. The van der Waals surface area contributed by atoms with Crippen LogP contribution in [0.5, 0.6) is 0 Å². The summed E-state index contributed by atoms with van der Waals surface area (Å²) < 4.78 is 40.4. The van der Waals surface area contributed by atoms with Crippen molar-refractivity contribution in [2.45, 2.75) is 25.3 Å². The van der Waals surface area contributed by atoms with E-state index in [1.165, 1.54) is 24.3 Å². The van der Waals surface area contributed by atoms with Gasteiger partial charge in [-0.05, 0) is 54.8 Å². The summed E-state index contributed by atoms with van der Waals surface area (Å²) in [6, 6.07) is 8.54. The van der Waals surface area contributed by atoms with E-state index in [1.54, 1.807) is 26.0 Å². The number of nitrogens with one attached hydrogen (secondary N) is 1. The Morgan fingerprint density at radius 1 is 1.19 bits per heavy atom. The lowest BCUT2D eigenvalue weighted by molar-refractivity contribution is 0.280. The Kier molecular flexibility index (Phi) is 4.29. The van der Waals surface area contributed by atoms with Crippen LogP contribution in [0.1, 0.15) is 16.7 Å². The first-order valence-electron chi connectivity index (χ1n) is 6.33. The first-order valence-corrected chi connectivity index (χ1v) is 7.82. The van der Waals surface area contributed by atoms with Gasteiger partial charge in [0.15, 0.2) is 0 Å². The van der Waals surface area contributed by atoms with Crippen LogP contribution in [0.2, 0.25) is 0 Å². The first kappa shape index (κ1) is 15.5. The third kappa shape index (κ3) is 3.22. The van der Waals surface area contributed by atoms with Gasteiger partial charge < -0.3 is 5.11 Å². The first-order chi connectivity index (χ1) is 9.85. The minimum absolute atomic E-state index is 0.0952. The molecule has 6 heteroatoms. The molecule has 4 nitrogen and oxygen atoms in total. The zero-order chi connectivity index (χ0) is 15.6. The van der Waals surface area contributed by atoms with Gasteiger partial charge in [-0.3, -0.25) is 4.72 Å². The van der Waals surface area contributed by atoms with Gasteiger partial charge in [0.2, 0.25) is 0 Å². The second-order valence-corrected chi connectivity index (χ2v) is 6.41. The summed E-state index contributed by atoms with van der Waals surface area (Å²) >= 11 is 0. The highest BCUT2D eigenvalue weighted by atomic mass is 32.2. The second-order valence-electron chi connectivity index (χ2n) is 4.76. The van der Waals surface area contributed by atoms with Crippen LogP contribution in [0.4, 0.5) is 10.1 Å². The Labute approximate surface area is 123 Å². The highest BCUT2D eigenvalue weighted by molar-refractivity contribution is 7.92. The van der Waals surface area contributed by atoms with E-state index < -0.39 is 15.8 Å². The number of halogens is 1. The summed E-state index contributed by atoms with van der Waals surface area (Å²) in [5.41, 5.74) is 1.86. The maximum atomic E-state index is 13.1. The number of aryl methyl sites for hydroxylation is 1. The number of hydrogen-bond donors (Lipinski definition) is 2. The predicted molar refractivity (Wildman–Crippen MR) is 79.0 cm³/mol. The molecule has 0 aliphatic carbocycles. The molecule has 0 saturated heterocycles. The lowest BCUT2D eigenvalue weighted by atomic mass is 10.1. The lowest BCUT2D eigenvalue weighted by Gasteiger charge is -2.14. The van der Waals surface area contributed by atoms with E-state index in [0.717, 1.165) is 0 Å². The van der Waals surface area contributed by atoms with Crippen LogP contribution in [-0.4, -0.2) is 13.5 Å². The molecular formula is C15H16FNO3S. The number of aliphatic hydroxyl groups is 1. The topological polar surface area (TPSA) is 66.4 Å². The summed E-state index contributed by atoms with van der Waals surface area (Å²) in [4.78, 5) is 0.0952. The Morgan fingerprint density at radius 2 is 1.90 bits per heavy atom. The smallest absolute Gasteiger partial charge is 0.262 e. The van der Waals surface area contributed by atoms with Crippen molar-refractivity contribution in [3.05, 3.63) is 58.9 Å². The van der Waals surface area contributed by atoms with Gasteiger partial charge >= 0.3 is 0 Å². The van der Waals surface area contributed by atoms with Crippen LogP contribution < -0.4 is 4.72 Å². The zero-order valence-electron chi connectivity index (χ0n) is 11.7. The monoisotopic (exact) mass is 309 g/mol. The molecule has 0 amide bonds. The normalized spacial score (nSPS) is 11.4. The summed E-state index contributed by atoms with van der Waals surface area (Å²) in [6.45, 7) is 3.03. The average molecular weight is 309 g/mol. The standard InChI is InChI=1S/C15H16FNO3S/c1-10-8-13(16)6-7-14(10)17-21(19,20)15-5-3-4-12(9-18)11(15)2/h3-8,17-18H,9H2,1-2H3. The van der Waals surface area contributed by atoms with Gasteiger partial charge in [0.05, 0.1) is 17.2 Å². The molecule has 0 aliphatic rings. The fourth-order valence-electron chi connectivity index (χ4n) is 2.06. The molecule has 0 fully saturated rings. The fourth-order valence-corrected chi connectivity index (χ4v) is 3.48. The quantitative estimate of drug-likeness (QED) is 0.912. The summed E-state index contributed by atoms with van der Waals surface area (Å²) in [5.74, 6) is -0.422. The molecule has 0 heterocycles. The van der Waals surface area contributed by atoms with Gasteiger partial charge in [0, 0.05) is 0 Å². The van der Waals surface area contributed by atoms with Gasteiger partial charge in [-0.1, -0.05) is 12.1 Å². The van der Waals surface area contributed by atoms with E-state index in [-0.39, 0.29) is 11.5 Å². The molecule has 2 aromatic rings. The average Bonchev–Trinajstić information content (AvgIpc) is 2.42. The maximum absolute atomic E-state index is 13.1. The molecule has 0 aliphatic heterocycles. The van der Waals surface area contributed by atoms with Crippen LogP contribution in [0.3, 0.4) is 0 Å². The minimum atomic E-state index is -3.80. The van der Waals surface area contributed by atoms with Crippen LogP contribution >= 0.6 is 0 Å². The van der Waals surface area contributed by atoms with Gasteiger partial charge in [0.25, 0.3) is 10.0 Å². The Morgan fingerprint density at radius 3 is 2.52 bits per heavy atom. The van der Waals surface area contributed by atoms with Gasteiger partial charge in [-0.2, -0.15) is 0 Å². The summed E-state index contributed by atoms with van der Waals surface area (Å²) in [7, 11) is -3.80. The summed E-state index contributed by atoms with van der Waals surface area (Å²) in [5, 5.41) is 9.22. The van der Waals surface area contributed by atoms with Crippen molar-refractivity contribution in [1.82, 2.24) is 0 Å². The van der Waals surface area contributed by atoms with Gasteiger partial charge in [-0.15, -0.1) is 0 Å². The number of aliphatic hydroxyl groups excluding tert-OH is 1. The van der Waals surface area contributed by atoms with Crippen LogP contribution in [0.15, 0.2) is 41.3 Å². The third-order valence-electron chi connectivity index (χ3n) is 3.29. The second kappa shape index (κ2) is 5.83. The van der Waals surface area contributed by atoms with E-state index in [4.69, 9.17) is 0 Å². The highest BCUT2D eigenvalue weighted by Crippen LogP contribution is 2.24. The van der Waals surface area contributed by atoms with E-state index in [1.807, 2.05) is 0 Å². The van der Waals surface area contributed by atoms with Crippen molar-refractivity contribution in [2.75, 3.05) is 4.72 Å². The molecule has 0 radical (unpaired) electrons. The van der Waals surface area contributed by atoms with Crippen LogP contribution in [0.25, 0.3) is 0 Å². The van der Waals surface area contributed by atoms with E-state index in [2.05, 4.69) is 4.72 Å². The Hall–Kier alpha value is -1.92. The zero-order valence-corrected chi connectivity index (χ0v) is 12.5. The number of anilines is 1. The van der Waals surface area contributed by atoms with Crippen molar-refractivity contribution in [3.63, 3.8) is 0 Å². The fraction of sp³-hybridized carbons (Fsp3) is 0.200. The molecule has 0 bridgehead atoms. The third-order valence-corrected chi connectivity index (χ3v) is 4.80. The number of hydrogen-bond acceptors (Lipinski definition) is 3. The molecular weight excluding hydrogens is 293 g/mol. The van der Waals surface area contributed by atoms with Gasteiger partial charge in [0.1, 0.15) is 5.82 Å².